The molecular weight excluding hydrogens is 350 g/mol. The second kappa shape index (κ2) is 7.46. The van der Waals surface area contributed by atoms with Crippen LogP contribution < -0.4 is 5.32 Å². The SMILES string of the molecule is O=S(=O)(c1ccc(-n2ccnn2)cc1)N1CCCC(C2CCCNC2)C1. The van der Waals surface area contributed by atoms with E-state index < -0.39 is 10.0 Å². The minimum Gasteiger partial charge on any atom is -0.316 e. The number of rotatable bonds is 4. The third kappa shape index (κ3) is 3.54. The average molecular weight is 375 g/mol. The molecule has 140 valence electrons. The van der Waals surface area contributed by atoms with E-state index >= 15 is 0 Å². The molecule has 26 heavy (non-hydrogen) atoms. The van der Waals surface area contributed by atoms with Gasteiger partial charge in [-0.05, 0) is 74.9 Å². The van der Waals surface area contributed by atoms with Crippen LogP contribution in [0, 0.1) is 11.8 Å². The maximum Gasteiger partial charge on any atom is 0.243 e. The summed E-state index contributed by atoms with van der Waals surface area (Å²) in [6.07, 6.45) is 7.80. The van der Waals surface area contributed by atoms with Crippen LogP contribution in [-0.4, -0.2) is 53.9 Å². The van der Waals surface area contributed by atoms with Gasteiger partial charge in [-0.1, -0.05) is 5.21 Å². The largest absolute Gasteiger partial charge is 0.316 e. The number of nitrogens with zero attached hydrogens (tertiary/aromatic N) is 4. The van der Waals surface area contributed by atoms with Gasteiger partial charge < -0.3 is 5.32 Å². The Kier molecular flexibility index (Phi) is 5.06. The Balaban J connectivity index is 1.50. The summed E-state index contributed by atoms with van der Waals surface area (Å²) in [5.41, 5.74) is 0.797. The summed E-state index contributed by atoms with van der Waals surface area (Å²) < 4.78 is 29.5. The van der Waals surface area contributed by atoms with E-state index in [2.05, 4.69) is 15.6 Å². The molecule has 2 atom stereocenters. The lowest BCUT2D eigenvalue weighted by Crippen LogP contribution is -2.45. The number of nitrogens with one attached hydrogen (secondary N) is 1. The normalized spacial score (nSPS) is 25.2. The van der Waals surface area contributed by atoms with Crippen LogP contribution in [0.2, 0.25) is 0 Å². The van der Waals surface area contributed by atoms with Gasteiger partial charge >= 0.3 is 0 Å². The fourth-order valence-electron chi connectivity index (χ4n) is 4.12. The van der Waals surface area contributed by atoms with Crippen molar-refractivity contribution in [3.05, 3.63) is 36.7 Å². The molecule has 8 heteroatoms. The maximum atomic E-state index is 13.1. The highest BCUT2D eigenvalue weighted by Crippen LogP contribution is 2.31. The molecule has 1 aromatic carbocycles. The summed E-state index contributed by atoms with van der Waals surface area (Å²) in [5.74, 6) is 1.05. The first-order chi connectivity index (χ1) is 12.6. The Bertz CT molecular complexity index is 814. The van der Waals surface area contributed by atoms with Crippen molar-refractivity contribution >= 4 is 10.0 Å². The van der Waals surface area contributed by atoms with E-state index in [-0.39, 0.29) is 0 Å². The Hall–Kier alpha value is -1.77. The molecular formula is C18H25N5O2S. The van der Waals surface area contributed by atoms with Crippen LogP contribution in [0.4, 0.5) is 0 Å². The summed E-state index contributed by atoms with van der Waals surface area (Å²) >= 11 is 0. The molecule has 2 aromatic rings. The van der Waals surface area contributed by atoms with E-state index in [0.29, 0.717) is 29.8 Å². The topological polar surface area (TPSA) is 80.1 Å². The maximum absolute atomic E-state index is 13.1. The summed E-state index contributed by atoms with van der Waals surface area (Å²) in [6.45, 7) is 3.36. The first-order valence-electron chi connectivity index (χ1n) is 9.32. The fourth-order valence-corrected chi connectivity index (χ4v) is 5.66. The van der Waals surface area contributed by atoms with Crippen molar-refractivity contribution in [2.24, 2.45) is 11.8 Å². The number of benzene rings is 1. The van der Waals surface area contributed by atoms with Crippen LogP contribution in [0.5, 0.6) is 0 Å². The van der Waals surface area contributed by atoms with Crippen LogP contribution in [0.3, 0.4) is 0 Å². The Morgan fingerprint density at radius 1 is 1.08 bits per heavy atom. The smallest absolute Gasteiger partial charge is 0.243 e. The molecule has 2 aliphatic heterocycles. The highest BCUT2D eigenvalue weighted by atomic mass is 32.2. The van der Waals surface area contributed by atoms with Crippen LogP contribution in [0.25, 0.3) is 5.69 Å². The number of hydrogen-bond acceptors (Lipinski definition) is 5. The first-order valence-corrected chi connectivity index (χ1v) is 10.8. The molecule has 2 aliphatic rings. The van der Waals surface area contributed by atoms with E-state index in [4.69, 9.17) is 0 Å². The zero-order valence-electron chi connectivity index (χ0n) is 14.8. The summed E-state index contributed by atoms with van der Waals surface area (Å²) in [4.78, 5) is 0.351. The van der Waals surface area contributed by atoms with Gasteiger partial charge in [0.2, 0.25) is 10.0 Å². The number of hydrogen-bond donors (Lipinski definition) is 1. The highest BCUT2D eigenvalue weighted by Gasteiger charge is 2.34. The lowest BCUT2D eigenvalue weighted by atomic mass is 9.82. The third-order valence-electron chi connectivity index (χ3n) is 5.58. The predicted molar refractivity (Wildman–Crippen MR) is 98.4 cm³/mol. The van der Waals surface area contributed by atoms with Gasteiger partial charge in [-0.25, -0.2) is 13.1 Å². The number of piperidine rings is 2. The molecule has 0 aliphatic carbocycles. The molecule has 0 bridgehead atoms. The number of aromatic nitrogens is 3. The second-order valence-electron chi connectivity index (χ2n) is 7.21. The Morgan fingerprint density at radius 3 is 2.58 bits per heavy atom. The molecule has 2 unspecified atom stereocenters. The molecule has 1 N–H and O–H groups in total. The standard InChI is InChI=1S/C18H25N5O2S/c24-26(25,18-7-5-17(6-8-18)23-12-10-20-21-23)22-11-2-4-16(14-22)15-3-1-9-19-13-15/h5-8,10,12,15-16,19H,1-4,9,11,13-14H2. The van der Waals surface area contributed by atoms with Crippen LogP contribution in [-0.2, 0) is 10.0 Å². The quantitative estimate of drug-likeness (QED) is 0.879. The van der Waals surface area contributed by atoms with E-state index in [0.717, 1.165) is 31.6 Å². The average Bonchev–Trinajstić information content (AvgIpc) is 3.24. The molecule has 7 nitrogen and oxygen atoms in total. The molecule has 0 radical (unpaired) electrons. The van der Waals surface area contributed by atoms with Gasteiger partial charge in [-0.3, -0.25) is 0 Å². The van der Waals surface area contributed by atoms with Crippen molar-refractivity contribution in [3.8, 4) is 5.69 Å². The molecule has 0 amide bonds. The second-order valence-corrected chi connectivity index (χ2v) is 9.15. The van der Waals surface area contributed by atoms with Gasteiger partial charge in [0.05, 0.1) is 23.0 Å². The zero-order chi connectivity index (χ0) is 18.0. The van der Waals surface area contributed by atoms with Gasteiger partial charge in [-0.2, -0.15) is 4.31 Å². The zero-order valence-corrected chi connectivity index (χ0v) is 15.6. The van der Waals surface area contributed by atoms with E-state index in [1.54, 1.807) is 45.6 Å². The number of sulfonamides is 1. The molecule has 2 fully saturated rings. The van der Waals surface area contributed by atoms with Crippen LogP contribution in [0.1, 0.15) is 25.7 Å². The molecule has 2 saturated heterocycles. The van der Waals surface area contributed by atoms with Crippen molar-refractivity contribution < 1.29 is 8.42 Å². The molecule has 4 rings (SSSR count). The van der Waals surface area contributed by atoms with Crippen molar-refractivity contribution in [3.63, 3.8) is 0 Å². The van der Waals surface area contributed by atoms with Gasteiger partial charge in [-0.15, -0.1) is 5.10 Å². The molecule has 3 heterocycles. The van der Waals surface area contributed by atoms with Crippen molar-refractivity contribution in [1.82, 2.24) is 24.6 Å². The van der Waals surface area contributed by atoms with E-state index in [1.165, 1.54) is 12.8 Å². The highest BCUT2D eigenvalue weighted by molar-refractivity contribution is 7.89. The van der Waals surface area contributed by atoms with Gasteiger partial charge in [0.25, 0.3) is 0 Å². The van der Waals surface area contributed by atoms with Crippen molar-refractivity contribution in [2.45, 2.75) is 30.6 Å². The Morgan fingerprint density at radius 2 is 1.88 bits per heavy atom. The first kappa shape index (κ1) is 17.6. The fraction of sp³-hybridized carbons (Fsp3) is 0.556. The van der Waals surface area contributed by atoms with Gasteiger partial charge in [0.15, 0.2) is 0 Å². The van der Waals surface area contributed by atoms with E-state index in [1.807, 2.05) is 0 Å². The van der Waals surface area contributed by atoms with Gasteiger partial charge in [0, 0.05) is 13.1 Å². The monoisotopic (exact) mass is 375 g/mol. The minimum atomic E-state index is -3.45. The van der Waals surface area contributed by atoms with Crippen molar-refractivity contribution in [1.29, 1.82) is 0 Å². The molecule has 0 saturated carbocycles. The molecule has 1 aromatic heterocycles. The predicted octanol–water partition coefficient (Wildman–Crippen LogP) is 1.67. The van der Waals surface area contributed by atoms with Gasteiger partial charge in [0.1, 0.15) is 0 Å². The Labute approximate surface area is 154 Å². The third-order valence-corrected chi connectivity index (χ3v) is 7.46. The van der Waals surface area contributed by atoms with Crippen LogP contribution >= 0.6 is 0 Å². The minimum absolute atomic E-state index is 0.351. The lowest BCUT2D eigenvalue weighted by Gasteiger charge is -2.38. The van der Waals surface area contributed by atoms with E-state index in [9.17, 15) is 8.42 Å². The van der Waals surface area contributed by atoms with Crippen LogP contribution in [0.15, 0.2) is 41.6 Å². The summed E-state index contributed by atoms with van der Waals surface area (Å²) in [6, 6.07) is 6.87. The molecule has 0 spiro atoms. The summed E-state index contributed by atoms with van der Waals surface area (Å²) in [5, 5.41) is 11.2. The summed E-state index contributed by atoms with van der Waals surface area (Å²) in [7, 11) is -3.45. The lowest BCUT2D eigenvalue weighted by molar-refractivity contribution is 0.174. The van der Waals surface area contributed by atoms with Crippen molar-refractivity contribution in [2.75, 3.05) is 26.2 Å².